The zero-order valence-corrected chi connectivity index (χ0v) is 20.5. The van der Waals surface area contributed by atoms with Crippen LogP contribution in [0.5, 0.6) is 0 Å². The molecule has 0 amide bonds. The van der Waals surface area contributed by atoms with E-state index in [9.17, 15) is 0 Å². The van der Waals surface area contributed by atoms with Crippen molar-refractivity contribution in [1.82, 2.24) is 9.80 Å². The van der Waals surface area contributed by atoms with Crippen molar-refractivity contribution in [3.05, 3.63) is 0 Å². The first kappa shape index (κ1) is 26.1. The van der Waals surface area contributed by atoms with Crippen molar-refractivity contribution in [1.29, 1.82) is 0 Å². The zero-order valence-electron chi connectivity index (χ0n) is 20.5. The van der Waals surface area contributed by atoms with Crippen molar-refractivity contribution in [2.75, 3.05) is 26.3 Å². The average molecular weight is 425 g/mol. The van der Waals surface area contributed by atoms with Gasteiger partial charge in [0.1, 0.15) is 0 Å². The molecule has 4 saturated heterocycles. The Balaban J connectivity index is 0.000000207. The normalized spacial score (nSPS) is 36.8. The summed E-state index contributed by atoms with van der Waals surface area (Å²) < 4.78 is 11.8. The van der Waals surface area contributed by atoms with Gasteiger partial charge in [-0.1, -0.05) is 35.1 Å². The predicted molar refractivity (Wildman–Crippen MR) is 128 cm³/mol. The fraction of sp³-hybridized carbons (Fsp3) is 1.00. The van der Waals surface area contributed by atoms with E-state index in [0.29, 0.717) is 12.1 Å². The summed E-state index contributed by atoms with van der Waals surface area (Å²) in [4.78, 5) is 5.28. The summed E-state index contributed by atoms with van der Waals surface area (Å²) in [5.74, 6) is 1.50. The van der Waals surface area contributed by atoms with Gasteiger partial charge in [-0.3, -0.25) is 9.80 Å². The smallest absolute Gasteiger partial charge is 0.0845 e. The molecule has 4 aliphatic rings. The lowest BCUT2D eigenvalue weighted by atomic mass is 9.89. The summed E-state index contributed by atoms with van der Waals surface area (Å²) in [5.41, 5.74) is 0.471. The number of hydrogen-bond acceptors (Lipinski definition) is 4. The number of ether oxygens (including phenoxy) is 2. The van der Waals surface area contributed by atoms with Crippen LogP contribution in [0.4, 0.5) is 0 Å². The number of likely N-dealkylation sites (tertiary alicyclic amines) is 2. The monoisotopic (exact) mass is 424 g/mol. The van der Waals surface area contributed by atoms with E-state index in [-0.39, 0.29) is 18.6 Å². The Hall–Kier alpha value is -0.160. The fourth-order valence-electron chi connectivity index (χ4n) is 6.11. The largest absolute Gasteiger partial charge is 0.374 e. The Morgan fingerprint density at radius 2 is 1.07 bits per heavy atom. The second-order valence-electron chi connectivity index (χ2n) is 11.5. The Kier molecular flexibility index (Phi) is 8.86. The van der Waals surface area contributed by atoms with Crippen molar-refractivity contribution in [2.24, 2.45) is 11.8 Å². The van der Waals surface area contributed by atoms with E-state index in [1.165, 1.54) is 32.1 Å². The van der Waals surface area contributed by atoms with Crippen LogP contribution in [-0.2, 0) is 9.47 Å². The van der Waals surface area contributed by atoms with E-state index in [1.54, 1.807) is 0 Å². The second kappa shape index (κ2) is 10.2. The van der Waals surface area contributed by atoms with Crippen LogP contribution >= 0.6 is 0 Å². The molecular formula is C26H52N2O2. The van der Waals surface area contributed by atoms with Crippen LogP contribution in [0.25, 0.3) is 0 Å². The van der Waals surface area contributed by atoms with Gasteiger partial charge in [-0.15, -0.1) is 0 Å². The molecule has 0 bridgehead atoms. The third-order valence-electron chi connectivity index (χ3n) is 7.97. The van der Waals surface area contributed by atoms with Crippen molar-refractivity contribution in [2.45, 2.75) is 130 Å². The van der Waals surface area contributed by atoms with Gasteiger partial charge in [0.25, 0.3) is 0 Å². The minimum atomic E-state index is 0. The summed E-state index contributed by atoms with van der Waals surface area (Å²) in [6, 6.07) is 2.77. The van der Waals surface area contributed by atoms with Gasteiger partial charge >= 0.3 is 0 Å². The molecule has 2 unspecified atom stereocenters. The number of rotatable bonds is 4. The number of nitrogens with zero attached hydrogens (tertiary/aromatic N) is 2. The molecular weight excluding hydrogens is 372 g/mol. The topological polar surface area (TPSA) is 24.9 Å². The van der Waals surface area contributed by atoms with Crippen LogP contribution in [0, 0.1) is 11.8 Å². The summed E-state index contributed by atoms with van der Waals surface area (Å²) >= 11 is 0. The van der Waals surface area contributed by atoms with Crippen LogP contribution in [0.2, 0.25) is 0 Å². The molecule has 4 heterocycles. The second-order valence-corrected chi connectivity index (χ2v) is 11.5. The van der Waals surface area contributed by atoms with Gasteiger partial charge in [0, 0.05) is 50.3 Å². The van der Waals surface area contributed by atoms with E-state index < -0.39 is 0 Å². The first-order chi connectivity index (χ1) is 13.6. The molecule has 4 rings (SSSR count). The Labute approximate surface area is 188 Å². The molecule has 4 atom stereocenters. The van der Waals surface area contributed by atoms with E-state index in [0.717, 1.165) is 50.2 Å². The zero-order chi connectivity index (χ0) is 21.4. The average Bonchev–Trinajstić information content (AvgIpc) is 3.32. The van der Waals surface area contributed by atoms with E-state index in [1.807, 2.05) is 0 Å². The molecule has 4 nitrogen and oxygen atoms in total. The first-order valence-corrected chi connectivity index (χ1v) is 12.4. The highest BCUT2D eigenvalue weighted by atomic mass is 16.5. The van der Waals surface area contributed by atoms with Gasteiger partial charge in [-0.05, 0) is 65.2 Å². The SMILES string of the molecule is C.CC(C)[C@@H]1CC2(CCCO2)CN1C(C)C.CC(C)[C@@H]1CC2(CCO2)CN1C(C)C. The molecule has 30 heavy (non-hydrogen) atoms. The van der Waals surface area contributed by atoms with Crippen molar-refractivity contribution in [3.8, 4) is 0 Å². The highest BCUT2D eigenvalue weighted by Crippen LogP contribution is 2.42. The Bertz CT molecular complexity index is 485. The van der Waals surface area contributed by atoms with Crippen molar-refractivity contribution >= 4 is 0 Å². The highest BCUT2D eigenvalue weighted by molar-refractivity contribution is 5.03. The molecule has 0 aromatic rings. The fourth-order valence-corrected chi connectivity index (χ4v) is 6.11. The summed E-state index contributed by atoms with van der Waals surface area (Å²) in [7, 11) is 0. The van der Waals surface area contributed by atoms with Crippen LogP contribution in [0.15, 0.2) is 0 Å². The third kappa shape index (κ3) is 5.42. The molecule has 178 valence electrons. The van der Waals surface area contributed by atoms with E-state index >= 15 is 0 Å². The van der Waals surface area contributed by atoms with Gasteiger partial charge in [-0.25, -0.2) is 0 Å². The van der Waals surface area contributed by atoms with E-state index in [2.05, 4.69) is 65.2 Å². The minimum absolute atomic E-state index is 0. The molecule has 0 aromatic carbocycles. The third-order valence-corrected chi connectivity index (χ3v) is 7.97. The van der Waals surface area contributed by atoms with Crippen LogP contribution in [-0.4, -0.2) is 71.5 Å². The maximum absolute atomic E-state index is 6.02. The van der Waals surface area contributed by atoms with Gasteiger partial charge in [0.2, 0.25) is 0 Å². The lowest BCUT2D eigenvalue weighted by Crippen LogP contribution is -2.46. The van der Waals surface area contributed by atoms with Crippen molar-refractivity contribution in [3.63, 3.8) is 0 Å². The van der Waals surface area contributed by atoms with E-state index in [4.69, 9.17) is 9.47 Å². The van der Waals surface area contributed by atoms with Gasteiger partial charge in [0.15, 0.2) is 0 Å². The molecule has 0 aromatic heterocycles. The summed E-state index contributed by atoms with van der Waals surface area (Å²) in [6.07, 6.45) is 6.32. The molecule has 4 aliphatic heterocycles. The first-order valence-electron chi connectivity index (χ1n) is 12.4. The quantitative estimate of drug-likeness (QED) is 0.587. The molecule has 0 radical (unpaired) electrons. The van der Waals surface area contributed by atoms with Crippen molar-refractivity contribution < 1.29 is 9.47 Å². The maximum atomic E-state index is 6.02. The molecule has 2 spiro atoms. The van der Waals surface area contributed by atoms with Crippen LogP contribution < -0.4 is 0 Å². The summed E-state index contributed by atoms with van der Waals surface area (Å²) in [5, 5.41) is 0. The molecule has 4 fully saturated rings. The predicted octanol–water partition coefficient (Wildman–Crippen LogP) is 5.59. The Morgan fingerprint density at radius 1 is 0.667 bits per heavy atom. The summed E-state index contributed by atoms with van der Waals surface area (Å²) in [6.45, 7) is 22.8. The van der Waals surface area contributed by atoms with Gasteiger partial charge < -0.3 is 9.47 Å². The Morgan fingerprint density at radius 3 is 1.30 bits per heavy atom. The standard InChI is InChI=1S/C13H25NO.C12H23NO.CH4/c1-10(2)12-8-13(6-5-7-15-13)9-14(12)11(3)4;1-9(2)11-7-12(5-6-14-12)8-13(11)10(3)4;/h10-12H,5-9H2,1-4H3;9-11H,5-8H2,1-4H3;1H4/t12-,13?;11-,12?;/m00./s1. The van der Waals surface area contributed by atoms with Gasteiger partial charge in [-0.2, -0.15) is 0 Å². The number of hydrogen-bond donors (Lipinski definition) is 0. The lowest BCUT2D eigenvalue weighted by Gasteiger charge is -2.38. The lowest BCUT2D eigenvalue weighted by molar-refractivity contribution is -0.138. The van der Waals surface area contributed by atoms with Crippen LogP contribution in [0.3, 0.4) is 0 Å². The maximum Gasteiger partial charge on any atom is 0.0845 e. The molecule has 0 N–H and O–H groups in total. The van der Waals surface area contributed by atoms with Gasteiger partial charge in [0.05, 0.1) is 17.8 Å². The molecule has 4 heteroatoms. The highest BCUT2D eigenvalue weighted by Gasteiger charge is 2.50. The molecule has 0 aliphatic carbocycles. The minimum Gasteiger partial charge on any atom is -0.374 e. The van der Waals surface area contributed by atoms with Crippen LogP contribution in [0.1, 0.15) is 94.9 Å². The molecule has 0 saturated carbocycles.